The Hall–Kier alpha value is -2.24. The van der Waals surface area contributed by atoms with Crippen LogP contribution in [0.3, 0.4) is 0 Å². The van der Waals surface area contributed by atoms with Crippen molar-refractivity contribution in [2.45, 2.75) is 25.8 Å². The van der Waals surface area contributed by atoms with Gasteiger partial charge in [-0.25, -0.2) is 4.39 Å². The molecule has 0 saturated carbocycles. The molecule has 5 heteroatoms. The maximum atomic E-state index is 12.9. The van der Waals surface area contributed by atoms with Gasteiger partial charge in [0, 0.05) is 37.9 Å². The van der Waals surface area contributed by atoms with Crippen LogP contribution in [-0.2, 0) is 11.2 Å². The number of carbonyl (C=O) groups excluding carboxylic acids is 1. The van der Waals surface area contributed by atoms with Crippen LogP contribution in [0.25, 0.3) is 0 Å². The van der Waals surface area contributed by atoms with Crippen molar-refractivity contribution in [3.63, 3.8) is 0 Å². The third-order valence-corrected chi connectivity index (χ3v) is 5.22. The average Bonchev–Trinajstić information content (AvgIpc) is 2.69. The van der Waals surface area contributed by atoms with Crippen molar-refractivity contribution in [1.29, 1.82) is 0 Å². The molecule has 0 radical (unpaired) electrons. The lowest BCUT2D eigenvalue weighted by Crippen LogP contribution is -2.51. The van der Waals surface area contributed by atoms with E-state index in [4.69, 9.17) is 0 Å². The molecule has 1 N–H and O–H groups in total. The normalized spacial score (nSPS) is 16.8. The lowest BCUT2D eigenvalue weighted by atomic mass is 10.0. The number of halogens is 1. The van der Waals surface area contributed by atoms with Crippen molar-refractivity contribution in [2.75, 3.05) is 38.0 Å². The molecule has 4 nitrogen and oxygen atoms in total. The molecule has 1 aliphatic heterocycles. The predicted octanol–water partition coefficient (Wildman–Crippen LogP) is 3.40. The van der Waals surface area contributed by atoms with Crippen LogP contribution in [0, 0.1) is 5.82 Å². The first-order valence-electron chi connectivity index (χ1n) is 9.66. The van der Waals surface area contributed by atoms with E-state index in [1.54, 1.807) is 12.1 Å². The number of anilines is 1. The van der Waals surface area contributed by atoms with Crippen molar-refractivity contribution >= 4 is 11.6 Å². The Labute approximate surface area is 161 Å². The van der Waals surface area contributed by atoms with E-state index < -0.39 is 0 Å². The van der Waals surface area contributed by atoms with E-state index in [2.05, 4.69) is 52.4 Å². The smallest absolute Gasteiger partial charge is 0.238 e. The Morgan fingerprint density at radius 1 is 1.04 bits per heavy atom. The Balaban J connectivity index is 1.37. The first-order chi connectivity index (χ1) is 13.1. The summed E-state index contributed by atoms with van der Waals surface area (Å²) in [6.07, 6.45) is 2.25. The molecule has 144 valence electrons. The lowest BCUT2D eigenvalue weighted by Gasteiger charge is -2.37. The molecule has 0 aliphatic carbocycles. The highest BCUT2D eigenvalue weighted by Gasteiger charge is 2.22. The highest BCUT2D eigenvalue weighted by Crippen LogP contribution is 2.13. The van der Waals surface area contributed by atoms with Crippen LogP contribution < -0.4 is 5.32 Å². The number of nitrogens with one attached hydrogen (secondary N) is 1. The first-order valence-corrected chi connectivity index (χ1v) is 9.66. The molecule has 27 heavy (non-hydrogen) atoms. The minimum Gasteiger partial charge on any atom is -0.325 e. The van der Waals surface area contributed by atoms with Gasteiger partial charge in [0.2, 0.25) is 5.91 Å². The van der Waals surface area contributed by atoms with Crippen molar-refractivity contribution in [3.8, 4) is 0 Å². The monoisotopic (exact) mass is 369 g/mol. The van der Waals surface area contributed by atoms with Gasteiger partial charge in [0.05, 0.1) is 6.54 Å². The summed E-state index contributed by atoms with van der Waals surface area (Å²) >= 11 is 0. The maximum Gasteiger partial charge on any atom is 0.238 e. The van der Waals surface area contributed by atoms with E-state index in [0.717, 1.165) is 39.0 Å². The van der Waals surface area contributed by atoms with Gasteiger partial charge >= 0.3 is 0 Å². The van der Waals surface area contributed by atoms with Crippen LogP contribution in [-0.4, -0.2) is 54.5 Å². The summed E-state index contributed by atoms with van der Waals surface area (Å²) in [4.78, 5) is 16.9. The Bertz CT molecular complexity index is 712. The summed E-state index contributed by atoms with van der Waals surface area (Å²) in [5, 5.41) is 2.83. The number of nitrogens with zero attached hydrogens (tertiary/aromatic N) is 2. The number of rotatable bonds is 7. The topological polar surface area (TPSA) is 35.6 Å². The molecule has 2 aromatic carbocycles. The molecular formula is C22H28FN3O. The van der Waals surface area contributed by atoms with Gasteiger partial charge in [0.15, 0.2) is 0 Å². The van der Waals surface area contributed by atoms with E-state index in [9.17, 15) is 9.18 Å². The fourth-order valence-corrected chi connectivity index (χ4v) is 3.50. The second-order valence-electron chi connectivity index (χ2n) is 7.24. The lowest BCUT2D eigenvalue weighted by molar-refractivity contribution is -0.117. The van der Waals surface area contributed by atoms with E-state index >= 15 is 0 Å². The van der Waals surface area contributed by atoms with Crippen molar-refractivity contribution in [1.82, 2.24) is 9.80 Å². The minimum atomic E-state index is -0.300. The fourth-order valence-electron chi connectivity index (χ4n) is 3.50. The van der Waals surface area contributed by atoms with Crippen LogP contribution >= 0.6 is 0 Å². The van der Waals surface area contributed by atoms with Gasteiger partial charge in [-0.3, -0.25) is 14.6 Å². The minimum absolute atomic E-state index is 0.0489. The molecule has 1 fully saturated rings. The molecule has 3 rings (SSSR count). The zero-order valence-corrected chi connectivity index (χ0v) is 15.9. The highest BCUT2D eigenvalue weighted by atomic mass is 19.1. The summed E-state index contributed by atoms with van der Waals surface area (Å²) in [5.41, 5.74) is 2.02. The number of hydrogen-bond acceptors (Lipinski definition) is 3. The second kappa shape index (κ2) is 9.62. The second-order valence-corrected chi connectivity index (χ2v) is 7.24. The molecule has 0 bridgehead atoms. The van der Waals surface area contributed by atoms with Gasteiger partial charge in [0.25, 0.3) is 0 Å². The fraction of sp³-hybridized carbons (Fsp3) is 0.409. The quantitative estimate of drug-likeness (QED) is 0.812. The van der Waals surface area contributed by atoms with Gasteiger partial charge in [-0.05, 0) is 49.6 Å². The summed E-state index contributed by atoms with van der Waals surface area (Å²) in [6.45, 7) is 6.43. The van der Waals surface area contributed by atoms with Gasteiger partial charge < -0.3 is 5.32 Å². The van der Waals surface area contributed by atoms with E-state index in [1.165, 1.54) is 17.7 Å². The van der Waals surface area contributed by atoms with Gasteiger partial charge in [-0.2, -0.15) is 0 Å². The largest absolute Gasteiger partial charge is 0.325 e. The van der Waals surface area contributed by atoms with Crippen molar-refractivity contribution in [2.24, 2.45) is 0 Å². The molecule has 1 heterocycles. The average molecular weight is 369 g/mol. The predicted molar refractivity (Wildman–Crippen MR) is 107 cm³/mol. The summed E-state index contributed by atoms with van der Waals surface area (Å²) < 4.78 is 12.9. The zero-order valence-electron chi connectivity index (χ0n) is 15.9. The summed E-state index contributed by atoms with van der Waals surface area (Å²) in [7, 11) is 0. The van der Waals surface area contributed by atoms with E-state index in [0.29, 0.717) is 18.3 Å². The Kier molecular flexibility index (Phi) is 6.96. The van der Waals surface area contributed by atoms with Crippen LogP contribution in [0.4, 0.5) is 10.1 Å². The van der Waals surface area contributed by atoms with Crippen LogP contribution in [0.1, 0.15) is 18.9 Å². The van der Waals surface area contributed by atoms with Gasteiger partial charge in [0.1, 0.15) is 5.82 Å². The number of hydrogen-bond donors (Lipinski definition) is 1. The molecular weight excluding hydrogens is 341 g/mol. The number of amides is 1. The standard InChI is InChI=1S/C22H28FN3O/c1-18(7-8-19-5-3-2-4-6-19)26-15-13-25(14-16-26)17-22(27)24-21-11-9-20(23)10-12-21/h2-6,9-12,18H,7-8,13-17H2,1H3,(H,24,27). The SMILES string of the molecule is CC(CCc1ccccc1)N1CCN(CC(=O)Nc2ccc(F)cc2)CC1. The molecule has 0 spiro atoms. The molecule has 1 unspecified atom stereocenters. The van der Waals surface area contributed by atoms with Crippen molar-refractivity contribution < 1.29 is 9.18 Å². The summed E-state index contributed by atoms with van der Waals surface area (Å²) in [5.74, 6) is -0.349. The highest BCUT2D eigenvalue weighted by molar-refractivity contribution is 5.92. The molecule has 1 amide bonds. The third kappa shape index (κ3) is 6.15. The number of carbonyl (C=O) groups is 1. The van der Waals surface area contributed by atoms with Crippen LogP contribution in [0.15, 0.2) is 54.6 Å². The molecule has 0 aromatic heterocycles. The Morgan fingerprint density at radius 2 is 1.70 bits per heavy atom. The van der Waals surface area contributed by atoms with Gasteiger partial charge in [-0.1, -0.05) is 30.3 Å². The van der Waals surface area contributed by atoms with Crippen LogP contribution in [0.2, 0.25) is 0 Å². The molecule has 1 atom stereocenters. The van der Waals surface area contributed by atoms with Crippen molar-refractivity contribution in [3.05, 3.63) is 66.0 Å². The summed E-state index contributed by atoms with van der Waals surface area (Å²) in [6, 6.07) is 17.0. The molecule has 1 aliphatic rings. The Morgan fingerprint density at radius 3 is 2.37 bits per heavy atom. The number of aryl methyl sites for hydroxylation is 1. The van der Waals surface area contributed by atoms with Crippen LogP contribution in [0.5, 0.6) is 0 Å². The van der Waals surface area contributed by atoms with E-state index in [1.807, 2.05) is 0 Å². The zero-order chi connectivity index (χ0) is 19.1. The first kappa shape index (κ1) is 19.5. The van der Waals surface area contributed by atoms with E-state index in [-0.39, 0.29) is 11.7 Å². The number of piperazine rings is 1. The van der Waals surface area contributed by atoms with Gasteiger partial charge in [-0.15, -0.1) is 0 Å². The number of benzene rings is 2. The third-order valence-electron chi connectivity index (χ3n) is 5.22. The molecule has 2 aromatic rings. The maximum absolute atomic E-state index is 12.9. The molecule has 1 saturated heterocycles.